The highest BCUT2D eigenvalue weighted by Crippen LogP contribution is 2.11. The third kappa shape index (κ3) is 5.68. The van der Waals surface area contributed by atoms with Crippen LogP contribution in [0, 0.1) is 5.82 Å². The van der Waals surface area contributed by atoms with Gasteiger partial charge in [-0.05, 0) is 44.5 Å². The summed E-state index contributed by atoms with van der Waals surface area (Å²) in [5, 5.41) is 3.37. The van der Waals surface area contributed by atoms with Crippen molar-refractivity contribution in [2.75, 3.05) is 19.8 Å². The Balaban J connectivity index is 2.71. The molecule has 1 rings (SSSR count). The van der Waals surface area contributed by atoms with Crippen molar-refractivity contribution in [1.29, 1.82) is 0 Å². The van der Waals surface area contributed by atoms with Crippen LogP contribution < -0.4 is 5.32 Å². The Labute approximate surface area is 115 Å². The summed E-state index contributed by atoms with van der Waals surface area (Å²) >= 11 is 0. The quantitative estimate of drug-likeness (QED) is 0.699. The lowest BCUT2D eigenvalue weighted by Gasteiger charge is -2.27. The first-order chi connectivity index (χ1) is 9.21. The molecule has 1 atom stereocenters. The Bertz CT molecular complexity index is 337. The fraction of sp³-hybridized carbons (Fsp3) is 0.600. The highest BCUT2D eigenvalue weighted by molar-refractivity contribution is 5.17. The molecule has 19 heavy (non-hydrogen) atoms. The van der Waals surface area contributed by atoms with E-state index < -0.39 is 0 Å². The molecule has 108 valence electrons. The van der Waals surface area contributed by atoms with Crippen molar-refractivity contribution in [2.45, 2.75) is 39.5 Å². The van der Waals surface area contributed by atoms with Crippen LogP contribution in [-0.2, 0) is 15.9 Å². The van der Waals surface area contributed by atoms with Gasteiger partial charge in [-0.3, -0.25) is 0 Å². The van der Waals surface area contributed by atoms with E-state index in [0.717, 1.165) is 18.5 Å². The molecule has 0 aliphatic rings. The molecular formula is C15H24FNO2. The first-order valence-corrected chi connectivity index (χ1v) is 6.92. The number of nitrogens with one attached hydrogen (secondary N) is 1. The summed E-state index contributed by atoms with van der Waals surface area (Å²) in [5.74, 6) is -0.213. The lowest BCUT2D eigenvalue weighted by Crippen LogP contribution is -2.44. The second-order valence-corrected chi connectivity index (χ2v) is 4.27. The zero-order chi connectivity index (χ0) is 14.1. The van der Waals surface area contributed by atoms with Gasteiger partial charge in [0.05, 0.1) is 6.04 Å². The van der Waals surface area contributed by atoms with E-state index in [1.807, 2.05) is 20.8 Å². The van der Waals surface area contributed by atoms with Crippen LogP contribution in [0.4, 0.5) is 4.39 Å². The molecule has 4 heteroatoms. The summed E-state index contributed by atoms with van der Waals surface area (Å²) in [4.78, 5) is 0. The Hall–Kier alpha value is -0.970. The number of benzene rings is 1. The molecule has 1 aromatic carbocycles. The van der Waals surface area contributed by atoms with Gasteiger partial charge >= 0.3 is 0 Å². The topological polar surface area (TPSA) is 30.5 Å². The van der Waals surface area contributed by atoms with Crippen LogP contribution in [0.25, 0.3) is 0 Å². The summed E-state index contributed by atoms with van der Waals surface area (Å²) in [6.45, 7) is 8.00. The first kappa shape index (κ1) is 16.1. The predicted molar refractivity (Wildman–Crippen MR) is 74.6 cm³/mol. The van der Waals surface area contributed by atoms with Crippen LogP contribution in [0.5, 0.6) is 0 Å². The molecule has 1 N–H and O–H groups in total. The second-order valence-electron chi connectivity index (χ2n) is 4.27. The molecule has 0 bridgehead atoms. The first-order valence-electron chi connectivity index (χ1n) is 6.92. The molecule has 0 saturated carbocycles. The maximum atomic E-state index is 12.9. The van der Waals surface area contributed by atoms with Crippen molar-refractivity contribution in [3.05, 3.63) is 35.6 Å². The van der Waals surface area contributed by atoms with E-state index >= 15 is 0 Å². The van der Waals surface area contributed by atoms with Gasteiger partial charge < -0.3 is 14.8 Å². The standard InChI is InChI=1S/C15H24FNO2/c1-4-17-14(15(18-5-2)19-6-3)11-12-7-9-13(16)10-8-12/h7-10,14-15,17H,4-6,11H2,1-3H3. The second kappa shape index (κ2) is 9.02. The van der Waals surface area contributed by atoms with Crippen LogP contribution in [0.3, 0.4) is 0 Å². The number of hydrogen-bond donors (Lipinski definition) is 1. The molecule has 0 fully saturated rings. The van der Waals surface area contributed by atoms with Gasteiger partial charge in [-0.1, -0.05) is 19.1 Å². The molecular weight excluding hydrogens is 245 g/mol. The lowest BCUT2D eigenvalue weighted by atomic mass is 10.1. The normalized spacial score (nSPS) is 12.9. The zero-order valence-electron chi connectivity index (χ0n) is 12.0. The van der Waals surface area contributed by atoms with E-state index in [1.54, 1.807) is 12.1 Å². The molecule has 0 aliphatic carbocycles. The molecule has 1 unspecified atom stereocenters. The van der Waals surface area contributed by atoms with Crippen molar-refractivity contribution < 1.29 is 13.9 Å². The summed E-state index contributed by atoms with van der Waals surface area (Å²) in [6.07, 6.45) is 0.471. The minimum absolute atomic E-state index is 0.0651. The van der Waals surface area contributed by atoms with Crippen LogP contribution in [0.1, 0.15) is 26.3 Å². The maximum Gasteiger partial charge on any atom is 0.172 e. The molecule has 0 saturated heterocycles. The van der Waals surface area contributed by atoms with Gasteiger partial charge in [-0.2, -0.15) is 0 Å². The van der Waals surface area contributed by atoms with E-state index in [0.29, 0.717) is 13.2 Å². The Morgan fingerprint density at radius 3 is 2.11 bits per heavy atom. The minimum Gasteiger partial charge on any atom is -0.351 e. The average molecular weight is 269 g/mol. The van der Waals surface area contributed by atoms with E-state index in [2.05, 4.69) is 5.32 Å². The largest absolute Gasteiger partial charge is 0.351 e. The van der Waals surface area contributed by atoms with Crippen molar-refractivity contribution in [2.24, 2.45) is 0 Å². The molecule has 1 aromatic rings. The van der Waals surface area contributed by atoms with Crippen molar-refractivity contribution in [1.82, 2.24) is 5.32 Å². The monoisotopic (exact) mass is 269 g/mol. The summed E-state index contributed by atoms with van der Waals surface area (Å²) in [5.41, 5.74) is 1.07. The highest BCUT2D eigenvalue weighted by Gasteiger charge is 2.21. The van der Waals surface area contributed by atoms with Crippen LogP contribution in [0.15, 0.2) is 24.3 Å². The molecule has 0 aliphatic heterocycles. The van der Waals surface area contributed by atoms with Crippen molar-refractivity contribution >= 4 is 0 Å². The minimum atomic E-state index is -0.278. The molecule has 0 heterocycles. The van der Waals surface area contributed by atoms with Gasteiger partial charge in [-0.15, -0.1) is 0 Å². The van der Waals surface area contributed by atoms with Gasteiger partial charge in [0.2, 0.25) is 0 Å². The number of ether oxygens (including phenoxy) is 2. The molecule has 0 spiro atoms. The van der Waals surface area contributed by atoms with E-state index in [9.17, 15) is 4.39 Å². The molecule has 0 amide bonds. The summed E-state index contributed by atoms with van der Waals surface area (Å²) in [6, 6.07) is 6.63. The van der Waals surface area contributed by atoms with Gasteiger partial charge in [0.15, 0.2) is 6.29 Å². The van der Waals surface area contributed by atoms with E-state index in [-0.39, 0.29) is 18.1 Å². The van der Waals surface area contributed by atoms with Crippen molar-refractivity contribution in [3.63, 3.8) is 0 Å². The SMILES string of the molecule is CCNC(Cc1ccc(F)cc1)C(OCC)OCC. The highest BCUT2D eigenvalue weighted by atomic mass is 19.1. The average Bonchev–Trinajstić information content (AvgIpc) is 2.40. The summed E-state index contributed by atoms with van der Waals surface area (Å²) in [7, 11) is 0. The smallest absolute Gasteiger partial charge is 0.172 e. The van der Waals surface area contributed by atoms with E-state index in [1.165, 1.54) is 12.1 Å². The third-order valence-corrected chi connectivity index (χ3v) is 2.83. The fourth-order valence-corrected chi connectivity index (χ4v) is 2.01. The third-order valence-electron chi connectivity index (χ3n) is 2.83. The number of rotatable bonds is 9. The van der Waals surface area contributed by atoms with Crippen LogP contribution in [-0.4, -0.2) is 32.1 Å². The molecule has 0 aromatic heterocycles. The molecule has 3 nitrogen and oxygen atoms in total. The van der Waals surface area contributed by atoms with Gasteiger partial charge in [0, 0.05) is 13.2 Å². The molecule has 0 radical (unpaired) electrons. The predicted octanol–water partition coefficient (Wildman–Crippen LogP) is 2.75. The fourth-order valence-electron chi connectivity index (χ4n) is 2.01. The lowest BCUT2D eigenvalue weighted by molar-refractivity contribution is -0.153. The number of halogens is 1. The Kier molecular flexibility index (Phi) is 7.63. The van der Waals surface area contributed by atoms with Crippen LogP contribution in [0.2, 0.25) is 0 Å². The maximum absolute atomic E-state index is 12.9. The van der Waals surface area contributed by atoms with E-state index in [4.69, 9.17) is 9.47 Å². The van der Waals surface area contributed by atoms with Gasteiger partial charge in [0.25, 0.3) is 0 Å². The zero-order valence-corrected chi connectivity index (χ0v) is 12.0. The van der Waals surface area contributed by atoms with Crippen molar-refractivity contribution in [3.8, 4) is 0 Å². The number of hydrogen-bond acceptors (Lipinski definition) is 3. The van der Waals surface area contributed by atoms with Gasteiger partial charge in [-0.25, -0.2) is 4.39 Å². The Morgan fingerprint density at radius 2 is 1.63 bits per heavy atom. The Morgan fingerprint density at radius 1 is 1.05 bits per heavy atom. The summed E-state index contributed by atoms with van der Waals surface area (Å²) < 4.78 is 24.2. The van der Waals surface area contributed by atoms with Gasteiger partial charge in [0.1, 0.15) is 5.82 Å². The number of likely N-dealkylation sites (N-methyl/N-ethyl adjacent to an activating group) is 1. The van der Waals surface area contributed by atoms with Crippen LogP contribution >= 0.6 is 0 Å².